The van der Waals surface area contributed by atoms with E-state index in [0.29, 0.717) is 16.8 Å². The number of nitrogens with one attached hydrogen (secondary N) is 1. The molecule has 1 heterocycles. The summed E-state index contributed by atoms with van der Waals surface area (Å²) < 4.78 is 1.45. The maximum atomic E-state index is 12.7. The molecule has 0 aliphatic heterocycles. The van der Waals surface area contributed by atoms with Crippen LogP contribution in [0, 0.1) is 12.8 Å². The number of aromatic nitrogens is 2. The van der Waals surface area contributed by atoms with E-state index in [-0.39, 0.29) is 29.3 Å². The highest BCUT2D eigenvalue weighted by atomic mass is 35.5. The van der Waals surface area contributed by atoms with E-state index in [1.807, 2.05) is 42.5 Å². The molecular formula is C20H20ClN3O2. The summed E-state index contributed by atoms with van der Waals surface area (Å²) in [5.74, 6) is -0.681. The zero-order valence-electron chi connectivity index (χ0n) is 14.9. The first-order valence-corrected chi connectivity index (χ1v) is 8.76. The molecule has 1 atom stereocenters. The van der Waals surface area contributed by atoms with E-state index in [2.05, 4.69) is 10.4 Å². The second-order valence-corrected chi connectivity index (χ2v) is 6.77. The minimum absolute atomic E-state index is 0.00920. The quantitative estimate of drug-likeness (QED) is 0.696. The summed E-state index contributed by atoms with van der Waals surface area (Å²) in [7, 11) is 1.68. The van der Waals surface area contributed by atoms with Crippen LogP contribution in [0.5, 0.6) is 0 Å². The third kappa shape index (κ3) is 3.48. The molecule has 26 heavy (non-hydrogen) atoms. The predicted molar refractivity (Wildman–Crippen MR) is 103 cm³/mol. The fourth-order valence-electron chi connectivity index (χ4n) is 2.94. The molecule has 0 bridgehead atoms. The highest BCUT2D eigenvalue weighted by Crippen LogP contribution is 2.20. The fraction of sp³-hybridized carbons (Fsp3) is 0.250. The van der Waals surface area contributed by atoms with E-state index in [0.717, 1.165) is 10.8 Å². The third-order valence-corrected chi connectivity index (χ3v) is 4.86. The van der Waals surface area contributed by atoms with Gasteiger partial charge in [0.25, 0.3) is 5.91 Å². The Balaban J connectivity index is 1.69. The van der Waals surface area contributed by atoms with Gasteiger partial charge in [-0.25, -0.2) is 0 Å². The van der Waals surface area contributed by atoms with E-state index in [4.69, 9.17) is 11.6 Å². The van der Waals surface area contributed by atoms with Crippen LogP contribution in [0.25, 0.3) is 10.8 Å². The van der Waals surface area contributed by atoms with Crippen LogP contribution in [0.3, 0.4) is 0 Å². The summed E-state index contributed by atoms with van der Waals surface area (Å²) >= 11 is 6.11. The van der Waals surface area contributed by atoms with Crippen molar-refractivity contribution in [3.8, 4) is 0 Å². The van der Waals surface area contributed by atoms with Gasteiger partial charge in [0, 0.05) is 25.1 Å². The number of benzene rings is 2. The zero-order valence-corrected chi connectivity index (χ0v) is 15.7. The molecule has 0 radical (unpaired) electrons. The molecule has 3 rings (SSSR count). The standard InChI is InChI=1S/C20H20ClN3O2/c1-12(11-22-20(26)17-13(2)23-24(3)19(17)21)18(25)16-9-8-14-6-4-5-7-15(14)10-16/h4-10,12H,11H2,1-3H3,(H,22,26). The summed E-state index contributed by atoms with van der Waals surface area (Å²) in [5, 5.41) is 9.31. The molecule has 1 aromatic heterocycles. The summed E-state index contributed by atoms with van der Waals surface area (Å²) in [6.07, 6.45) is 0. The number of Topliss-reactive ketones (excluding diaryl/α,β-unsaturated/α-hetero) is 1. The Bertz CT molecular complexity index is 994. The highest BCUT2D eigenvalue weighted by Gasteiger charge is 2.21. The minimum Gasteiger partial charge on any atom is -0.351 e. The van der Waals surface area contributed by atoms with Crippen LogP contribution in [-0.2, 0) is 7.05 Å². The lowest BCUT2D eigenvalue weighted by Gasteiger charge is -2.12. The maximum Gasteiger partial charge on any atom is 0.256 e. The first-order valence-electron chi connectivity index (χ1n) is 8.38. The average molecular weight is 370 g/mol. The number of ketones is 1. The summed E-state index contributed by atoms with van der Waals surface area (Å²) in [6, 6.07) is 13.5. The van der Waals surface area contributed by atoms with Crippen molar-refractivity contribution < 1.29 is 9.59 Å². The number of rotatable bonds is 5. The summed E-state index contributed by atoms with van der Waals surface area (Å²) in [4.78, 5) is 25.1. The summed E-state index contributed by atoms with van der Waals surface area (Å²) in [6.45, 7) is 3.76. The summed E-state index contributed by atoms with van der Waals surface area (Å²) in [5.41, 5.74) is 1.55. The van der Waals surface area contributed by atoms with Crippen molar-refractivity contribution in [3.05, 3.63) is 64.4 Å². The van der Waals surface area contributed by atoms with Crippen LogP contribution in [0.4, 0.5) is 0 Å². The number of carbonyl (C=O) groups excluding carboxylic acids is 2. The number of aryl methyl sites for hydroxylation is 2. The van der Waals surface area contributed by atoms with E-state index < -0.39 is 0 Å². The Labute approximate surface area is 157 Å². The number of fused-ring (bicyclic) bond motifs is 1. The van der Waals surface area contributed by atoms with Crippen molar-refractivity contribution in [2.24, 2.45) is 13.0 Å². The van der Waals surface area contributed by atoms with Gasteiger partial charge in [-0.3, -0.25) is 14.3 Å². The van der Waals surface area contributed by atoms with Gasteiger partial charge in [-0.1, -0.05) is 54.9 Å². The lowest BCUT2D eigenvalue weighted by Crippen LogP contribution is -2.32. The zero-order chi connectivity index (χ0) is 18.8. The van der Waals surface area contributed by atoms with Gasteiger partial charge in [0.15, 0.2) is 5.78 Å². The lowest BCUT2D eigenvalue weighted by atomic mass is 9.97. The predicted octanol–water partition coefficient (Wildman–Crippen LogP) is 3.78. The molecule has 134 valence electrons. The van der Waals surface area contributed by atoms with E-state index in [1.165, 1.54) is 4.68 Å². The van der Waals surface area contributed by atoms with Crippen molar-refractivity contribution in [2.75, 3.05) is 6.54 Å². The average Bonchev–Trinajstić information content (AvgIpc) is 2.90. The molecule has 0 fully saturated rings. The van der Waals surface area contributed by atoms with Gasteiger partial charge in [-0.15, -0.1) is 0 Å². The molecule has 0 saturated carbocycles. The van der Waals surface area contributed by atoms with Crippen molar-refractivity contribution in [1.82, 2.24) is 15.1 Å². The third-order valence-electron chi connectivity index (χ3n) is 4.43. The Morgan fingerprint density at radius 1 is 1.19 bits per heavy atom. The Morgan fingerprint density at radius 3 is 2.54 bits per heavy atom. The largest absolute Gasteiger partial charge is 0.351 e. The Kier molecular flexibility index (Phi) is 5.09. The van der Waals surface area contributed by atoms with E-state index in [1.54, 1.807) is 20.9 Å². The van der Waals surface area contributed by atoms with Gasteiger partial charge in [0.2, 0.25) is 0 Å². The van der Waals surface area contributed by atoms with Gasteiger partial charge < -0.3 is 5.32 Å². The molecule has 0 spiro atoms. The topological polar surface area (TPSA) is 64.0 Å². The molecule has 5 nitrogen and oxygen atoms in total. The number of nitrogens with zero attached hydrogens (tertiary/aromatic N) is 2. The number of halogens is 1. The van der Waals surface area contributed by atoms with Crippen molar-refractivity contribution in [3.63, 3.8) is 0 Å². The SMILES string of the molecule is Cc1nn(C)c(Cl)c1C(=O)NCC(C)C(=O)c1ccc2ccccc2c1. The van der Waals surface area contributed by atoms with Gasteiger partial charge in [0.1, 0.15) is 5.15 Å². The van der Waals surface area contributed by atoms with Crippen LogP contribution in [0.15, 0.2) is 42.5 Å². The van der Waals surface area contributed by atoms with E-state index in [9.17, 15) is 9.59 Å². The van der Waals surface area contributed by atoms with Crippen LogP contribution in [0.1, 0.15) is 33.3 Å². The van der Waals surface area contributed by atoms with E-state index >= 15 is 0 Å². The molecule has 3 aromatic rings. The Hall–Kier alpha value is -2.66. The number of hydrogen-bond acceptors (Lipinski definition) is 3. The molecule has 6 heteroatoms. The fourth-order valence-corrected chi connectivity index (χ4v) is 3.20. The smallest absolute Gasteiger partial charge is 0.256 e. The Morgan fingerprint density at radius 2 is 1.88 bits per heavy atom. The molecule has 0 aliphatic carbocycles. The van der Waals surface area contributed by atoms with Crippen LogP contribution < -0.4 is 5.32 Å². The van der Waals surface area contributed by atoms with Gasteiger partial charge in [0.05, 0.1) is 11.3 Å². The molecule has 1 unspecified atom stereocenters. The number of carbonyl (C=O) groups is 2. The number of amides is 1. The van der Waals surface area contributed by atoms with Crippen LogP contribution in [-0.4, -0.2) is 28.0 Å². The second-order valence-electron chi connectivity index (χ2n) is 6.41. The molecule has 1 amide bonds. The first kappa shape index (κ1) is 18.1. The maximum absolute atomic E-state index is 12.7. The van der Waals surface area contributed by atoms with Crippen molar-refractivity contribution in [2.45, 2.75) is 13.8 Å². The van der Waals surface area contributed by atoms with Crippen LogP contribution >= 0.6 is 11.6 Å². The molecule has 0 saturated heterocycles. The van der Waals surface area contributed by atoms with Gasteiger partial charge in [-0.05, 0) is 23.8 Å². The highest BCUT2D eigenvalue weighted by molar-refractivity contribution is 6.33. The van der Waals surface area contributed by atoms with Crippen molar-refractivity contribution in [1.29, 1.82) is 0 Å². The number of hydrogen-bond donors (Lipinski definition) is 1. The monoisotopic (exact) mass is 369 g/mol. The molecule has 0 aliphatic rings. The van der Waals surface area contributed by atoms with Crippen LogP contribution in [0.2, 0.25) is 5.15 Å². The normalized spacial score (nSPS) is 12.2. The lowest BCUT2D eigenvalue weighted by molar-refractivity contribution is 0.0902. The molecule has 1 N–H and O–H groups in total. The van der Waals surface area contributed by atoms with Gasteiger partial charge >= 0.3 is 0 Å². The van der Waals surface area contributed by atoms with Gasteiger partial charge in [-0.2, -0.15) is 5.10 Å². The molecule has 2 aromatic carbocycles. The first-order chi connectivity index (χ1) is 12.4. The second kappa shape index (κ2) is 7.30. The molecular weight excluding hydrogens is 350 g/mol. The van der Waals surface area contributed by atoms with Crippen molar-refractivity contribution >= 4 is 34.1 Å². The minimum atomic E-state index is -0.351.